The Morgan fingerprint density at radius 2 is 1.96 bits per heavy atom. The van der Waals surface area contributed by atoms with Crippen LogP contribution in [-0.2, 0) is 16.0 Å². The Labute approximate surface area is 147 Å². The second-order valence-electron chi connectivity index (χ2n) is 6.97. The van der Waals surface area contributed by atoms with E-state index in [0.29, 0.717) is 37.4 Å². The van der Waals surface area contributed by atoms with Gasteiger partial charge in [0.25, 0.3) is 5.91 Å². The molecular weight excluding hydrogens is 320 g/mol. The molecule has 2 aliphatic rings. The molecule has 3 heterocycles. The van der Waals surface area contributed by atoms with Crippen molar-refractivity contribution in [1.29, 1.82) is 0 Å². The number of nitrogens with two attached hydrogens (primary N) is 1. The summed E-state index contributed by atoms with van der Waals surface area (Å²) in [7, 11) is 0. The highest BCUT2D eigenvalue weighted by Crippen LogP contribution is 2.32. The van der Waals surface area contributed by atoms with Crippen LogP contribution in [0.15, 0.2) is 6.07 Å². The minimum atomic E-state index is -0.442. The highest BCUT2D eigenvalue weighted by molar-refractivity contribution is 5.95. The number of ether oxygens (including phenoxy) is 1. The van der Waals surface area contributed by atoms with E-state index in [0.717, 1.165) is 30.7 Å². The number of piperidine rings is 1. The molecule has 3 rings (SSSR count). The van der Waals surface area contributed by atoms with Crippen LogP contribution in [-0.4, -0.2) is 52.2 Å². The molecule has 2 fully saturated rings. The third kappa shape index (κ3) is 3.81. The Hall–Kier alpha value is -2.02. The predicted molar refractivity (Wildman–Crippen MR) is 91.9 cm³/mol. The van der Waals surface area contributed by atoms with Crippen LogP contribution in [0, 0.1) is 12.8 Å². The Morgan fingerprint density at radius 1 is 1.24 bits per heavy atom. The van der Waals surface area contributed by atoms with Crippen molar-refractivity contribution in [3.63, 3.8) is 0 Å². The molecule has 136 valence electrons. The third-order valence-electron chi connectivity index (χ3n) is 5.28. The van der Waals surface area contributed by atoms with Crippen LogP contribution in [0.2, 0.25) is 0 Å². The number of likely N-dealkylation sites (tertiary alicyclic amines) is 1. The van der Waals surface area contributed by atoms with Gasteiger partial charge in [-0.3, -0.25) is 9.59 Å². The number of nitrogens with zero attached hydrogens (tertiary/aromatic N) is 3. The topological polar surface area (TPSA) is 98.4 Å². The van der Waals surface area contributed by atoms with Gasteiger partial charge in [0.15, 0.2) is 0 Å². The molecule has 2 aliphatic heterocycles. The first-order valence-electron chi connectivity index (χ1n) is 9.06. The zero-order valence-electron chi connectivity index (χ0n) is 14.9. The van der Waals surface area contributed by atoms with Gasteiger partial charge >= 0.3 is 0 Å². The fourth-order valence-electron chi connectivity index (χ4n) is 3.82. The fourth-order valence-corrected chi connectivity index (χ4v) is 3.82. The summed E-state index contributed by atoms with van der Waals surface area (Å²) in [6, 6.07) is 1.83. The summed E-state index contributed by atoms with van der Waals surface area (Å²) < 4.78 is 5.80. The van der Waals surface area contributed by atoms with E-state index in [1.807, 2.05) is 24.8 Å². The Bertz CT molecular complexity index is 656. The Morgan fingerprint density at radius 3 is 2.56 bits per heavy atom. The van der Waals surface area contributed by atoms with E-state index in [1.54, 1.807) is 0 Å². The number of rotatable bonds is 4. The summed E-state index contributed by atoms with van der Waals surface area (Å²) in [6.07, 6.45) is 3.70. The number of hydrogen-bond acceptors (Lipinski definition) is 5. The first-order valence-corrected chi connectivity index (χ1v) is 9.06. The van der Waals surface area contributed by atoms with Crippen LogP contribution in [0.1, 0.15) is 54.4 Å². The average Bonchev–Trinajstić information content (AvgIpc) is 3.11. The van der Waals surface area contributed by atoms with Crippen molar-refractivity contribution < 1.29 is 14.3 Å². The molecule has 0 aromatic carbocycles. The van der Waals surface area contributed by atoms with Crippen molar-refractivity contribution in [2.75, 3.05) is 13.1 Å². The summed E-state index contributed by atoms with van der Waals surface area (Å²) in [6.45, 7) is 5.24. The first-order chi connectivity index (χ1) is 12.0. The van der Waals surface area contributed by atoms with E-state index in [1.165, 1.54) is 0 Å². The largest absolute Gasteiger partial charge is 0.367 e. The van der Waals surface area contributed by atoms with Crippen molar-refractivity contribution in [1.82, 2.24) is 15.1 Å². The van der Waals surface area contributed by atoms with Crippen molar-refractivity contribution in [2.24, 2.45) is 11.7 Å². The minimum Gasteiger partial charge on any atom is -0.367 e. The van der Waals surface area contributed by atoms with Crippen LogP contribution in [0.5, 0.6) is 0 Å². The van der Waals surface area contributed by atoms with Crippen LogP contribution < -0.4 is 5.73 Å². The van der Waals surface area contributed by atoms with Crippen molar-refractivity contribution >= 4 is 11.8 Å². The standard InChI is InChI=1S/C18H26N4O3/c1-3-14-13(10-11(2)20-21-14)18(24)22-8-6-12(7-9-22)15-4-5-16(25-15)17(19)23/h10,12,15-16H,3-9H2,1-2H3,(H2,19,23)/t15-,16+/m0/s1. The van der Waals surface area contributed by atoms with Gasteiger partial charge in [0.2, 0.25) is 5.91 Å². The smallest absolute Gasteiger partial charge is 0.255 e. The first kappa shape index (κ1) is 17.8. The molecule has 1 aromatic rings. The van der Waals surface area contributed by atoms with Gasteiger partial charge in [0.05, 0.1) is 23.1 Å². The summed E-state index contributed by atoms with van der Waals surface area (Å²) in [5.74, 6) is 0.0507. The molecule has 0 bridgehead atoms. The summed E-state index contributed by atoms with van der Waals surface area (Å²) in [5, 5.41) is 8.20. The lowest BCUT2D eigenvalue weighted by molar-refractivity contribution is -0.130. The highest BCUT2D eigenvalue weighted by Gasteiger charge is 2.36. The molecule has 0 aliphatic carbocycles. The summed E-state index contributed by atoms with van der Waals surface area (Å²) in [4.78, 5) is 26.0. The van der Waals surface area contributed by atoms with E-state index in [9.17, 15) is 9.59 Å². The summed E-state index contributed by atoms with van der Waals surface area (Å²) >= 11 is 0. The molecule has 7 nitrogen and oxygen atoms in total. The molecule has 2 N–H and O–H groups in total. The molecule has 7 heteroatoms. The quantitative estimate of drug-likeness (QED) is 0.884. The van der Waals surface area contributed by atoms with Crippen molar-refractivity contribution in [2.45, 2.75) is 58.2 Å². The van der Waals surface area contributed by atoms with Gasteiger partial charge in [-0.25, -0.2) is 0 Å². The van der Waals surface area contributed by atoms with Crippen LogP contribution >= 0.6 is 0 Å². The number of amides is 2. The van der Waals surface area contributed by atoms with Crippen LogP contribution in [0.4, 0.5) is 0 Å². The van der Waals surface area contributed by atoms with E-state index >= 15 is 0 Å². The molecule has 25 heavy (non-hydrogen) atoms. The maximum atomic E-state index is 12.9. The second kappa shape index (κ2) is 7.47. The van der Waals surface area contributed by atoms with Crippen LogP contribution in [0.25, 0.3) is 0 Å². The molecule has 0 radical (unpaired) electrons. The van der Waals surface area contributed by atoms with Gasteiger partial charge in [0, 0.05) is 13.1 Å². The Balaban J connectivity index is 1.60. The van der Waals surface area contributed by atoms with E-state index in [4.69, 9.17) is 10.5 Å². The SMILES string of the molecule is CCc1nnc(C)cc1C(=O)N1CCC([C@@H]2CC[C@H](C(N)=O)O2)CC1. The van der Waals surface area contributed by atoms with Crippen molar-refractivity contribution in [3.8, 4) is 0 Å². The third-order valence-corrected chi connectivity index (χ3v) is 5.28. The Kier molecular flexibility index (Phi) is 5.32. The maximum Gasteiger partial charge on any atom is 0.255 e. The monoisotopic (exact) mass is 346 g/mol. The van der Waals surface area contributed by atoms with Crippen molar-refractivity contribution in [3.05, 3.63) is 23.0 Å². The zero-order valence-corrected chi connectivity index (χ0v) is 14.9. The molecule has 1 aromatic heterocycles. The normalized spacial score (nSPS) is 24.5. The molecule has 0 spiro atoms. The molecule has 0 saturated carbocycles. The molecule has 2 saturated heterocycles. The van der Waals surface area contributed by atoms with E-state index < -0.39 is 6.10 Å². The van der Waals surface area contributed by atoms with Gasteiger partial charge in [-0.2, -0.15) is 10.2 Å². The average molecular weight is 346 g/mol. The number of aromatic nitrogens is 2. The molecular formula is C18H26N4O3. The number of carbonyl (C=O) groups excluding carboxylic acids is 2. The van der Waals surface area contributed by atoms with E-state index in [2.05, 4.69) is 10.2 Å². The molecule has 2 amide bonds. The minimum absolute atomic E-state index is 0.0376. The van der Waals surface area contributed by atoms with Gasteiger partial charge < -0.3 is 15.4 Å². The number of primary amides is 1. The van der Waals surface area contributed by atoms with Gasteiger partial charge in [-0.1, -0.05) is 6.92 Å². The van der Waals surface area contributed by atoms with Gasteiger partial charge in [-0.05, 0) is 51.0 Å². The predicted octanol–water partition coefficient (Wildman–Crippen LogP) is 1.23. The van der Waals surface area contributed by atoms with Gasteiger partial charge in [-0.15, -0.1) is 0 Å². The van der Waals surface area contributed by atoms with Crippen LogP contribution in [0.3, 0.4) is 0 Å². The second-order valence-corrected chi connectivity index (χ2v) is 6.97. The lowest BCUT2D eigenvalue weighted by Crippen LogP contribution is -2.42. The number of hydrogen-bond donors (Lipinski definition) is 1. The fraction of sp³-hybridized carbons (Fsp3) is 0.667. The lowest BCUT2D eigenvalue weighted by atomic mass is 9.89. The maximum absolute atomic E-state index is 12.9. The lowest BCUT2D eigenvalue weighted by Gasteiger charge is -2.34. The highest BCUT2D eigenvalue weighted by atomic mass is 16.5. The zero-order chi connectivity index (χ0) is 18.0. The van der Waals surface area contributed by atoms with Gasteiger partial charge in [0.1, 0.15) is 6.10 Å². The number of aryl methyl sites for hydroxylation is 2. The van der Waals surface area contributed by atoms with E-state index in [-0.39, 0.29) is 17.9 Å². The summed E-state index contributed by atoms with van der Waals surface area (Å²) in [5.41, 5.74) is 7.50. The molecule has 0 unspecified atom stereocenters. The number of carbonyl (C=O) groups is 2. The molecule has 2 atom stereocenters.